The number of carbonyl (C=O) groups excluding carboxylic acids is 2. The van der Waals surface area contributed by atoms with Crippen molar-refractivity contribution in [2.24, 2.45) is 0 Å². The molecule has 0 spiro atoms. The number of unbranched alkanes of at least 4 members (excludes halogenated alkanes) is 28. The molecule has 2 atom stereocenters. The highest BCUT2D eigenvalue weighted by Gasteiger charge is 2.18. The van der Waals surface area contributed by atoms with Gasteiger partial charge in [0.2, 0.25) is 5.91 Å². The fourth-order valence-electron chi connectivity index (χ4n) is 6.94. The number of rotatable bonds is 43. The third-order valence-corrected chi connectivity index (χ3v) is 10.7. The summed E-state index contributed by atoms with van der Waals surface area (Å²) in [5, 5.41) is 23.0. The molecule has 3 N–H and O–H groups in total. The Morgan fingerprint density at radius 1 is 0.509 bits per heavy atom. The lowest BCUT2D eigenvalue weighted by Crippen LogP contribution is -2.45. The molecule has 0 saturated carbocycles. The molecule has 0 saturated heterocycles. The summed E-state index contributed by atoms with van der Waals surface area (Å²) in [4.78, 5) is 24.4. The second-order valence-electron chi connectivity index (χ2n) is 16.1. The van der Waals surface area contributed by atoms with Crippen LogP contribution in [-0.2, 0) is 14.3 Å². The summed E-state index contributed by atoms with van der Waals surface area (Å²) in [7, 11) is 0. The number of hydrogen-bond acceptors (Lipinski definition) is 5. The molecule has 322 valence electrons. The van der Waals surface area contributed by atoms with E-state index < -0.39 is 12.1 Å². The van der Waals surface area contributed by atoms with Gasteiger partial charge in [0, 0.05) is 12.8 Å². The number of ether oxygens (including phenoxy) is 1. The molecule has 0 heterocycles. The first-order valence-corrected chi connectivity index (χ1v) is 23.8. The molecular weight excluding hydrogens is 683 g/mol. The number of hydrogen-bond donors (Lipinski definition) is 3. The van der Waals surface area contributed by atoms with Crippen LogP contribution in [-0.4, -0.2) is 47.4 Å². The maximum absolute atomic E-state index is 12.4. The van der Waals surface area contributed by atoms with E-state index in [1.165, 1.54) is 141 Å². The van der Waals surface area contributed by atoms with Crippen LogP contribution < -0.4 is 5.32 Å². The molecule has 55 heavy (non-hydrogen) atoms. The van der Waals surface area contributed by atoms with Crippen molar-refractivity contribution < 1.29 is 24.5 Å². The van der Waals surface area contributed by atoms with Gasteiger partial charge < -0.3 is 20.3 Å². The zero-order valence-electron chi connectivity index (χ0n) is 36.4. The Labute approximate surface area is 341 Å². The van der Waals surface area contributed by atoms with Crippen molar-refractivity contribution in [3.63, 3.8) is 0 Å². The van der Waals surface area contributed by atoms with Gasteiger partial charge in [0.25, 0.3) is 0 Å². The van der Waals surface area contributed by atoms with Crippen LogP contribution in [0.5, 0.6) is 0 Å². The Balaban J connectivity index is 3.54. The number of amides is 1. The number of esters is 1. The first-order valence-electron chi connectivity index (χ1n) is 23.8. The Morgan fingerprint density at radius 2 is 0.927 bits per heavy atom. The predicted octanol–water partition coefficient (Wildman–Crippen LogP) is 13.7. The normalized spacial score (nSPS) is 13.0. The molecule has 0 aliphatic rings. The van der Waals surface area contributed by atoms with Crippen LogP contribution in [0.4, 0.5) is 0 Å². The van der Waals surface area contributed by atoms with E-state index in [1.54, 1.807) is 6.08 Å². The molecule has 0 aliphatic carbocycles. The van der Waals surface area contributed by atoms with E-state index in [9.17, 15) is 19.8 Å². The van der Waals surface area contributed by atoms with Crippen molar-refractivity contribution in [2.75, 3.05) is 13.2 Å². The van der Waals surface area contributed by atoms with E-state index >= 15 is 0 Å². The average Bonchev–Trinajstić information content (AvgIpc) is 3.18. The highest BCUT2D eigenvalue weighted by atomic mass is 16.5. The number of nitrogens with one attached hydrogen (secondary N) is 1. The molecule has 0 aliphatic heterocycles. The van der Waals surface area contributed by atoms with Gasteiger partial charge in [-0.3, -0.25) is 9.59 Å². The van der Waals surface area contributed by atoms with Crippen LogP contribution >= 0.6 is 0 Å². The summed E-state index contributed by atoms with van der Waals surface area (Å²) in [5.41, 5.74) is 0. The van der Waals surface area contributed by atoms with Crippen LogP contribution in [0, 0.1) is 0 Å². The lowest BCUT2D eigenvalue weighted by Gasteiger charge is -2.20. The Kier molecular flexibility index (Phi) is 43.2. The third kappa shape index (κ3) is 41.5. The molecular formula is C49H91NO5. The van der Waals surface area contributed by atoms with Crippen molar-refractivity contribution in [2.45, 2.75) is 251 Å². The van der Waals surface area contributed by atoms with Crippen molar-refractivity contribution >= 4 is 11.9 Å². The molecule has 0 bridgehead atoms. The van der Waals surface area contributed by atoms with Crippen LogP contribution in [0.3, 0.4) is 0 Å². The summed E-state index contributed by atoms with van der Waals surface area (Å²) in [6, 6.07) is -0.645. The zero-order valence-corrected chi connectivity index (χ0v) is 36.4. The summed E-state index contributed by atoms with van der Waals surface area (Å²) in [6.45, 7) is 4.79. The minimum Gasteiger partial charge on any atom is -0.466 e. The Hall–Kier alpha value is -1.92. The molecule has 0 fully saturated rings. The van der Waals surface area contributed by atoms with E-state index in [0.717, 1.165) is 70.6 Å². The van der Waals surface area contributed by atoms with E-state index in [2.05, 4.69) is 43.5 Å². The molecule has 0 radical (unpaired) electrons. The molecule has 1 amide bonds. The lowest BCUT2D eigenvalue weighted by molar-refractivity contribution is -0.143. The average molecular weight is 774 g/mol. The smallest absolute Gasteiger partial charge is 0.305 e. The maximum Gasteiger partial charge on any atom is 0.305 e. The number of allylic oxidation sites excluding steroid dienone is 5. The van der Waals surface area contributed by atoms with Crippen molar-refractivity contribution in [1.82, 2.24) is 5.32 Å². The Bertz CT molecular complexity index is 900. The van der Waals surface area contributed by atoms with Gasteiger partial charge in [-0.25, -0.2) is 0 Å². The number of aliphatic hydroxyl groups is 2. The number of carbonyl (C=O) groups is 2. The van der Waals surface area contributed by atoms with Gasteiger partial charge in [-0.15, -0.1) is 0 Å². The first kappa shape index (κ1) is 53.1. The highest BCUT2D eigenvalue weighted by Crippen LogP contribution is 2.14. The minimum atomic E-state index is -0.859. The van der Waals surface area contributed by atoms with Gasteiger partial charge in [0.1, 0.15) is 0 Å². The molecule has 2 unspecified atom stereocenters. The van der Waals surface area contributed by atoms with E-state index in [-0.39, 0.29) is 18.5 Å². The summed E-state index contributed by atoms with van der Waals surface area (Å²) in [5.74, 6) is -0.129. The topological polar surface area (TPSA) is 95.9 Å². The largest absolute Gasteiger partial charge is 0.466 e. The predicted molar refractivity (Wildman–Crippen MR) is 236 cm³/mol. The molecule has 6 heteroatoms. The van der Waals surface area contributed by atoms with Crippen LogP contribution in [0.15, 0.2) is 36.5 Å². The summed E-state index contributed by atoms with van der Waals surface area (Å²) < 4.78 is 5.43. The molecule has 0 aromatic heterocycles. The molecule has 0 rings (SSSR count). The van der Waals surface area contributed by atoms with E-state index in [4.69, 9.17) is 4.74 Å². The monoisotopic (exact) mass is 774 g/mol. The van der Waals surface area contributed by atoms with Gasteiger partial charge in [-0.2, -0.15) is 0 Å². The van der Waals surface area contributed by atoms with Crippen LogP contribution in [0.2, 0.25) is 0 Å². The van der Waals surface area contributed by atoms with Gasteiger partial charge in [0.15, 0.2) is 0 Å². The second kappa shape index (κ2) is 44.8. The Morgan fingerprint density at radius 3 is 1.44 bits per heavy atom. The second-order valence-corrected chi connectivity index (χ2v) is 16.1. The van der Waals surface area contributed by atoms with Crippen molar-refractivity contribution in [3.05, 3.63) is 36.5 Å². The standard InChI is InChI=1S/C49H91NO5/c1-3-5-7-9-11-13-15-17-19-21-25-29-33-37-41-47(52)46(45-51)50-48(53)42-38-34-30-26-23-24-28-32-36-40-44-55-49(54)43-39-35-31-27-22-20-18-16-14-12-10-8-6-4-2/h10,12,16,18,37,41,46-47,51-52H,3-9,11,13-15,17,19-36,38-40,42-45H2,1-2H3,(H,50,53)/b12-10-,18-16-,41-37+. The highest BCUT2D eigenvalue weighted by molar-refractivity contribution is 5.76. The van der Waals surface area contributed by atoms with Gasteiger partial charge in [0.05, 0.1) is 25.4 Å². The van der Waals surface area contributed by atoms with Crippen LogP contribution in [0.25, 0.3) is 0 Å². The van der Waals surface area contributed by atoms with Crippen molar-refractivity contribution in [3.8, 4) is 0 Å². The molecule has 6 nitrogen and oxygen atoms in total. The third-order valence-electron chi connectivity index (χ3n) is 10.7. The fourth-order valence-corrected chi connectivity index (χ4v) is 6.94. The summed E-state index contributed by atoms with van der Waals surface area (Å²) >= 11 is 0. The zero-order chi connectivity index (χ0) is 40.1. The SMILES string of the molecule is CCCC/C=C\C/C=C\CCCCCCCC(=O)OCCCCCCCCCCCCC(=O)NC(CO)C(O)/C=C/CCCCCCCCCCCCCC. The van der Waals surface area contributed by atoms with E-state index in [1.807, 2.05) is 6.08 Å². The lowest BCUT2D eigenvalue weighted by atomic mass is 10.0. The maximum atomic E-state index is 12.4. The summed E-state index contributed by atoms with van der Waals surface area (Å²) in [6.07, 6.45) is 52.7. The minimum absolute atomic E-state index is 0.0363. The van der Waals surface area contributed by atoms with Crippen LogP contribution in [0.1, 0.15) is 239 Å². The fraction of sp³-hybridized carbons (Fsp3) is 0.837. The molecule has 0 aromatic rings. The quantitative estimate of drug-likeness (QED) is 0.0326. The van der Waals surface area contributed by atoms with Gasteiger partial charge in [-0.05, 0) is 57.8 Å². The van der Waals surface area contributed by atoms with E-state index in [0.29, 0.717) is 19.4 Å². The first-order chi connectivity index (χ1) is 27.0. The van der Waals surface area contributed by atoms with Gasteiger partial charge >= 0.3 is 5.97 Å². The van der Waals surface area contributed by atoms with Crippen molar-refractivity contribution in [1.29, 1.82) is 0 Å². The number of aliphatic hydroxyl groups excluding tert-OH is 2. The molecule has 0 aromatic carbocycles. The van der Waals surface area contributed by atoms with Gasteiger partial charge in [-0.1, -0.05) is 204 Å².